The molecular formula is C15H17FN4O4. The maximum atomic E-state index is 13.2. The van der Waals surface area contributed by atoms with Crippen LogP contribution < -0.4 is 21.9 Å². The fourth-order valence-corrected chi connectivity index (χ4v) is 2.13. The highest BCUT2D eigenvalue weighted by atomic mass is 19.1. The summed E-state index contributed by atoms with van der Waals surface area (Å²) in [5, 5.41) is 14.6. The lowest BCUT2D eigenvalue weighted by Crippen LogP contribution is -2.41. The largest absolute Gasteiger partial charge is 0.421 e. The molecule has 0 aliphatic carbocycles. The Balaban J connectivity index is 2.29. The fraction of sp³-hybridized carbons (Fsp3) is 0.267. The molecule has 24 heavy (non-hydrogen) atoms. The van der Waals surface area contributed by atoms with Gasteiger partial charge in [0.25, 0.3) is 5.91 Å². The number of carbonyl (C=O) groups is 1. The lowest BCUT2D eigenvalue weighted by atomic mass is 10.1. The van der Waals surface area contributed by atoms with Crippen LogP contribution in [0.5, 0.6) is 0 Å². The molecule has 2 rings (SSSR count). The highest BCUT2D eigenvalue weighted by molar-refractivity contribution is 5.98. The number of aromatic nitrogens is 2. The molecule has 0 fully saturated rings. The van der Waals surface area contributed by atoms with Crippen LogP contribution >= 0.6 is 0 Å². The maximum absolute atomic E-state index is 13.2. The summed E-state index contributed by atoms with van der Waals surface area (Å²) in [6.45, 7) is 3.71. The average Bonchev–Trinajstić information content (AvgIpc) is 2.54. The van der Waals surface area contributed by atoms with Crippen molar-refractivity contribution in [2.75, 3.05) is 11.9 Å². The number of anilines is 1. The zero-order valence-electron chi connectivity index (χ0n) is 13.1. The number of hydrogen-bond donors (Lipinski definition) is 4. The predicted octanol–water partition coefficient (Wildman–Crippen LogP) is 0.583. The fourth-order valence-electron chi connectivity index (χ4n) is 2.13. The first-order valence-corrected chi connectivity index (χ1v) is 7.20. The van der Waals surface area contributed by atoms with Gasteiger partial charge in [-0.25, -0.2) is 9.18 Å². The smallest absolute Gasteiger partial charge is 0.363 e. The number of rotatable bonds is 5. The zero-order chi connectivity index (χ0) is 17.9. The second-order valence-corrected chi connectivity index (χ2v) is 5.09. The molecule has 0 saturated heterocycles. The van der Waals surface area contributed by atoms with E-state index >= 15 is 0 Å². The average molecular weight is 336 g/mol. The van der Waals surface area contributed by atoms with Crippen molar-refractivity contribution in [1.29, 1.82) is 0 Å². The van der Waals surface area contributed by atoms with E-state index in [0.29, 0.717) is 17.7 Å². The van der Waals surface area contributed by atoms with Gasteiger partial charge in [0.2, 0.25) is 0 Å². The number of carbonyl (C=O) groups excluding carboxylic acids is 1. The molecule has 0 spiro atoms. The van der Waals surface area contributed by atoms with Gasteiger partial charge in [0, 0.05) is 13.1 Å². The highest BCUT2D eigenvalue weighted by Gasteiger charge is 2.20. The van der Waals surface area contributed by atoms with E-state index in [1.54, 1.807) is 19.9 Å². The summed E-state index contributed by atoms with van der Waals surface area (Å²) >= 11 is 0. The lowest BCUT2D eigenvalue weighted by Gasteiger charge is -2.11. The number of amides is 1. The van der Waals surface area contributed by atoms with Gasteiger partial charge in [-0.2, -0.15) is 0 Å². The molecule has 128 valence electrons. The number of halogens is 1. The van der Waals surface area contributed by atoms with Gasteiger partial charge in [-0.15, -0.1) is 0 Å². The zero-order valence-corrected chi connectivity index (χ0v) is 13.1. The van der Waals surface area contributed by atoms with Crippen LogP contribution in [0.15, 0.2) is 27.8 Å². The third-order valence-corrected chi connectivity index (χ3v) is 3.34. The summed E-state index contributed by atoms with van der Waals surface area (Å²) in [7, 11) is 0. The first-order chi connectivity index (χ1) is 11.3. The normalized spacial score (nSPS) is 10.5. The second kappa shape index (κ2) is 6.99. The van der Waals surface area contributed by atoms with E-state index in [1.165, 1.54) is 12.1 Å². The van der Waals surface area contributed by atoms with Crippen LogP contribution in [0.1, 0.15) is 28.4 Å². The van der Waals surface area contributed by atoms with Gasteiger partial charge in [0.15, 0.2) is 0 Å². The van der Waals surface area contributed by atoms with Crippen molar-refractivity contribution in [3.8, 4) is 0 Å². The maximum Gasteiger partial charge on any atom is 0.363 e. The molecule has 0 saturated carbocycles. The summed E-state index contributed by atoms with van der Waals surface area (Å²) in [6.07, 6.45) is 0. The standard InChI is InChI=1S/C15H17FN4O4/c1-3-17-12-11(14(22)20(24)15(23)19-12)13(21)18-7-9-4-5-10(16)8(2)6-9/h4-6,17,24H,3,7H2,1-2H3,(H,18,21)(H,19,23). The predicted molar refractivity (Wildman–Crippen MR) is 85.0 cm³/mol. The Morgan fingerprint density at radius 2 is 2.08 bits per heavy atom. The summed E-state index contributed by atoms with van der Waals surface area (Å²) in [5.74, 6) is -1.22. The molecule has 0 bridgehead atoms. The third-order valence-electron chi connectivity index (χ3n) is 3.34. The van der Waals surface area contributed by atoms with Crippen LogP contribution in [-0.2, 0) is 6.54 Å². The minimum atomic E-state index is -1.14. The molecule has 1 aromatic heterocycles. The molecule has 9 heteroatoms. The number of nitrogens with one attached hydrogen (secondary N) is 3. The van der Waals surface area contributed by atoms with E-state index in [4.69, 9.17) is 0 Å². The summed E-state index contributed by atoms with van der Waals surface area (Å²) in [6, 6.07) is 4.35. The molecular weight excluding hydrogens is 319 g/mol. The molecule has 4 N–H and O–H groups in total. The first kappa shape index (κ1) is 17.3. The van der Waals surface area contributed by atoms with Gasteiger partial charge in [-0.1, -0.05) is 16.9 Å². The van der Waals surface area contributed by atoms with Gasteiger partial charge < -0.3 is 15.8 Å². The summed E-state index contributed by atoms with van der Waals surface area (Å²) < 4.78 is 13.1. The monoisotopic (exact) mass is 336 g/mol. The van der Waals surface area contributed by atoms with E-state index in [9.17, 15) is 24.0 Å². The molecule has 0 atom stereocenters. The molecule has 0 aliphatic heterocycles. The third kappa shape index (κ3) is 3.45. The number of H-pyrrole nitrogens is 1. The molecule has 8 nitrogen and oxygen atoms in total. The van der Waals surface area contributed by atoms with Crippen molar-refractivity contribution in [2.45, 2.75) is 20.4 Å². The SMILES string of the molecule is CCNc1[nH]c(=O)n(O)c(=O)c1C(=O)NCc1ccc(F)c(C)c1. The number of aryl methyl sites for hydroxylation is 1. The molecule has 0 unspecified atom stereocenters. The van der Waals surface area contributed by atoms with E-state index < -0.39 is 22.7 Å². The van der Waals surface area contributed by atoms with Crippen LogP contribution in [0.2, 0.25) is 0 Å². The summed E-state index contributed by atoms with van der Waals surface area (Å²) in [4.78, 5) is 37.9. The molecule has 1 aromatic carbocycles. The minimum Gasteiger partial charge on any atom is -0.421 e. The Morgan fingerprint density at radius 1 is 1.38 bits per heavy atom. The lowest BCUT2D eigenvalue weighted by molar-refractivity contribution is 0.0940. The Hall–Kier alpha value is -3.10. The van der Waals surface area contributed by atoms with Gasteiger partial charge in [0.05, 0.1) is 0 Å². The van der Waals surface area contributed by atoms with Crippen molar-refractivity contribution in [3.05, 3.63) is 61.5 Å². The van der Waals surface area contributed by atoms with E-state index in [-0.39, 0.29) is 22.9 Å². The van der Waals surface area contributed by atoms with Crippen LogP contribution in [0.25, 0.3) is 0 Å². The number of benzene rings is 1. The first-order valence-electron chi connectivity index (χ1n) is 7.20. The number of nitrogens with zero attached hydrogens (tertiary/aromatic N) is 1. The van der Waals surface area contributed by atoms with Gasteiger partial charge >= 0.3 is 11.2 Å². The number of hydrogen-bond acceptors (Lipinski definition) is 5. The van der Waals surface area contributed by atoms with E-state index in [2.05, 4.69) is 15.6 Å². The Morgan fingerprint density at radius 3 is 2.71 bits per heavy atom. The number of aromatic amines is 1. The van der Waals surface area contributed by atoms with E-state index in [0.717, 1.165) is 0 Å². The molecule has 0 aliphatic rings. The minimum absolute atomic E-state index is 0.0511. The van der Waals surface area contributed by atoms with Crippen LogP contribution in [0, 0.1) is 12.7 Å². The molecule has 1 amide bonds. The van der Waals surface area contributed by atoms with Crippen LogP contribution in [0.3, 0.4) is 0 Å². The van der Waals surface area contributed by atoms with Crippen LogP contribution in [-0.4, -0.2) is 27.4 Å². The van der Waals surface area contributed by atoms with E-state index in [1.807, 2.05) is 0 Å². The quantitative estimate of drug-likeness (QED) is 0.596. The van der Waals surface area contributed by atoms with Crippen molar-refractivity contribution in [1.82, 2.24) is 15.0 Å². The molecule has 2 aromatic rings. The van der Waals surface area contributed by atoms with Crippen molar-refractivity contribution in [3.63, 3.8) is 0 Å². The van der Waals surface area contributed by atoms with Crippen LogP contribution in [0.4, 0.5) is 10.2 Å². The second-order valence-electron chi connectivity index (χ2n) is 5.09. The Bertz CT molecular complexity index is 888. The summed E-state index contributed by atoms with van der Waals surface area (Å²) in [5.41, 5.74) is -1.54. The van der Waals surface area contributed by atoms with Gasteiger partial charge in [-0.3, -0.25) is 14.6 Å². The van der Waals surface area contributed by atoms with Crippen molar-refractivity contribution < 1.29 is 14.4 Å². The highest BCUT2D eigenvalue weighted by Crippen LogP contribution is 2.10. The van der Waals surface area contributed by atoms with Crippen molar-refractivity contribution >= 4 is 11.7 Å². The molecule has 1 heterocycles. The Labute approximate surface area is 135 Å². The van der Waals surface area contributed by atoms with Gasteiger partial charge in [0.1, 0.15) is 17.2 Å². The topological polar surface area (TPSA) is 116 Å². The van der Waals surface area contributed by atoms with Gasteiger partial charge in [-0.05, 0) is 31.0 Å². The Kier molecular flexibility index (Phi) is 5.02. The molecule has 0 radical (unpaired) electrons. The van der Waals surface area contributed by atoms with Crippen molar-refractivity contribution in [2.24, 2.45) is 0 Å².